The van der Waals surface area contributed by atoms with Crippen molar-refractivity contribution < 1.29 is 28.0 Å². The van der Waals surface area contributed by atoms with Gasteiger partial charge in [-0.2, -0.15) is 8.42 Å². The van der Waals surface area contributed by atoms with Gasteiger partial charge >= 0.3 is 0 Å². The van der Waals surface area contributed by atoms with Gasteiger partial charge in [-0.1, -0.05) is 206 Å². The quantitative estimate of drug-likeness (QED) is 0.0290. The highest BCUT2D eigenvalue weighted by atomic mass is 32.2. The molecule has 0 aromatic carbocycles. The lowest BCUT2D eigenvalue weighted by molar-refractivity contribution is -0.130. The maximum atomic E-state index is 12.6. The van der Waals surface area contributed by atoms with Gasteiger partial charge in [0.15, 0.2) is 0 Å². The molecule has 0 heterocycles. The summed E-state index contributed by atoms with van der Waals surface area (Å²) in [6, 6.07) is -1.23. The van der Waals surface area contributed by atoms with Crippen LogP contribution in [0.2, 0.25) is 0 Å². The molecule has 0 radical (unpaired) electrons. The molecule has 8 heteroatoms. The first-order valence-corrected chi connectivity index (χ1v) is 22.1. The normalized spacial score (nSPS) is 14.0. The van der Waals surface area contributed by atoms with Crippen LogP contribution in [0.3, 0.4) is 0 Å². The number of rotatable bonds is 37. The molecule has 0 saturated carbocycles. The molecule has 0 spiro atoms. The smallest absolute Gasteiger partial charge is 0.267 e. The molecule has 0 aromatic rings. The van der Waals surface area contributed by atoms with Gasteiger partial charge in [-0.3, -0.25) is 9.35 Å². The molecule has 3 atom stereocenters. The molecule has 0 aliphatic heterocycles. The average Bonchev–Trinajstić information content (AvgIpc) is 3.05. The van der Waals surface area contributed by atoms with Crippen molar-refractivity contribution in [2.75, 3.05) is 5.75 Å². The number of carbonyl (C=O) groups excluding carboxylic acids is 1. The minimum Gasteiger partial charge on any atom is -0.387 e. The van der Waals surface area contributed by atoms with Gasteiger partial charge < -0.3 is 15.5 Å². The fourth-order valence-corrected chi connectivity index (χ4v) is 7.13. The summed E-state index contributed by atoms with van der Waals surface area (Å²) in [5.74, 6) is -1.53. The maximum absolute atomic E-state index is 12.6. The van der Waals surface area contributed by atoms with E-state index < -0.39 is 40.0 Å². The standard InChI is InChI=1S/C40H79NO6S/c1-3-5-7-9-11-13-15-17-18-19-20-21-23-25-27-29-31-33-35-39(43)40(44)41-37(36-48(45,46)47)38(42)34-32-30-28-26-24-22-16-14-12-10-8-6-4-2/h32,34,37-39,42-43H,3-31,33,35-36H2,1-2H3,(H,41,44)(H,45,46,47)/b34-32+. The van der Waals surface area contributed by atoms with Crippen molar-refractivity contribution in [2.45, 2.75) is 231 Å². The van der Waals surface area contributed by atoms with E-state index in [1.165, 1.54) is 154 Å². The van der Waals surface area contributed by atoms with Crippen LogP contribution in [0.1, 0.15) is 213 Å². The zero-order valence-electron chi connectivity index (χ0n) is 31.5. The second-order valence-corrected chi connectivity index (χ2v) is 15.9. The molecule has 7 nitrogen and oxygen atoms in total. The lowest BCUT2D eigenvalue weighted by atomic mass is 10.0. The van der Waals surface area contributed by atoms with Crippen LogP contribution in [0.15, 0.2) is 12.2 Å². The fourth-order valence-electron chi connectivity index (χ4n) is 6.40. The lowest BCUT2D eigenvalue weighted by Crippen LogP contribution is -2.50. The fraction of sp³-hybridized carbons (Fsp3) is 0.925. The van der Waals surface area contributed by atoms with E-state index in [-0.39, 0.29) is 6.42 Å². The molecule has 0 aliphatic carbocycles. The summed E-state index contributed by atoms with van der Waals surface area (Å²) in [7, 11) is -4.43. The first kappa shape index (κ1) is 47.0. The first-order chi connectivity index (χ1) is 23.2. The van der Waals surface area contributed by atoms with Crippen molar-refractivity contribution >= 4 is 16.0 Å². The molecule has 0 rings (SSSR count). The van der Waals surface area contributed by atoms with Crippen molar-refractivity contribution in [1.82, 2.24) is 5.32 Å². The van der Waals surface area contributed by atoms with Gasteiger partial charge in [-0.15, -0.1) is 0 Å². The summed E-state index contributed by atoms with van der Waals surface area (Å²) < 4.78 is 32.5. The lowest BCUT2D eigenvalue weighted by Gasteiger charge is -2.22. The second kappa shape index (κ2) is 34.5. The largest absolute Gasteiger partial charge is 0.387 e. The molecule has 0 saturated heterocycles. The van der Waals surface area contributed by atoms with E-state index in [0.29, 0.717) is 6.42 Å². The number of aliphatic hydroxyl groups excluding tert-OH is 2. The van der Waals surface area contributed by atoms with Crippen LogP contribution in [0.25, 0.3) is 0 Å². The van der Waals surface area contributed by atoms with E-state index in [1.54, 1.807) is 6.08 Å². The molecule has 0 aliphatic rings. The van der Waals surface area contributed by atoms with E-state index in [1.807, 2.05) is 0 Å². The van der Waals surface area contributed by atoms with Gasteiger partial charge in [-0.05, 0) is 19.3 Å². The van der Waals surface area contributed by atoms with Gasteiger partial charge in [0.25, 0.3) is 10.1 Å². The summed E-state index contributed by atoms with van der Waals surface area (Å²) >= 11 is 0. The number of hydrogen-bond acceptors (Lipinski definition) is 5. The van der Waals surface area contributed by atoms with Crippen molar-refractivity contribution in [3.63, 3.8) is 0 Å². The highest BCUT2D eigenvalue weighted by Crippen LogP contribution is 2.16. The Hall–Kier alpha value is -0.960. The van der Waals surface area contributed by atoms with Crippen LogP contribution in [0.5, 0.6) is 0 Å². The van der Waals surface area contributed by atoms with Crippen LogP contribution < -0.4 is 5.32 Å². The maximum Gasteiger partial charge on any atom is 0.267 e. The predicted molar refractivity (Wildman–Crippen MR) is 204 cm³/mol. The molecule has 48 heavy (non-hydrogen) atoms. The minimum absolute atomic E-state index is 0.286. The van der Waals surface area contributed by atoms with Crippen LogP contribution in [-0.2, 0) is 14.9 Å². The van der Waals surface area contributed by atoms with Crippen molar-refractivity contribution in [3.05, 3.63) is 12.2 Å². The number of unbranched alkanes of at least 4 members (excludes halogenated alkanes) is 28. The molecule has 3 unspecified atom stereocenters. The number of allylic oxidation sites excluding steroid dienone is 1. The highest BCUT2D eigenvalue weighted by Gasteiger charge is 2.27. The molecular formula is C40H79NO6S. The molecule has 286 valence electrons. The molecule has 0 bridgehead atoms. The van der Waals surface area contributed by atoms with Gasteiger partial charge in [-0.25, -0.2) is 0 Å². The highest BCUT2D eigenvalue weighted by molar-refractivity contribution is 7.85. The number of carbonyl (C=O) groups is 1. The summed E-state index contributed by atoms with van der Waals surface area (Å²) in [4.78, 5) is 12.6. The molecular weight excluding hydrogens is 623 g/mol. The third-order valence-corrected chi connectivity index (χ3v) is 10.4. The Morgan fingerprint density at radius 1 is 0.562 bits per heavy atom. The van der Waals surface area contributed by atoms with Crippen molar-refractivity contribution in [3.8, 4) is 0 Å². The van der Waals surface area contributed by atoms with Crippen molar-refractivity contribution in [1.29, 1.82) is 0 Å². The molecule has 1 amide bonds. The zero-order chi connectivity index (χ0) is 35.6. The van der Waals surface area contributed by atoms with Crippen LogP contribution in [0, 0.1) is 0 Å². The Balaban J connectivity index is 3.99. The Morgan fingerprint density at radius 3 is 1.25 bits per heavy atom. The number of aliphatic hydroxyl groups is 2. The van der Waals surface area contributed by atoms with E-state index >= 15 is 0 Å². The summed E-state index contributed by atoms with van der Waals surface area (Å²) in [6.45, 7) is 4.50. The number of nitrogens with one attached hydrogen (secondary N) is 1. The topological polar surface area (TPSA) is 124 Å². The van der Waals surface area contributed by atoms with E-state index in [4.69, 9.17) is 0 Å². The minimum atomic E-state index is -4.43. The van der Waals surface area contributed by atoms with Gasteiger partial charge in [0.05, 0.1) is 17.9 Å². The third kappa shape index (κ3) is 33.5. The average molecular weight is 702 g/mol. The predicted octanol–water partition coefficient (Wildman–Crippen LogP) is 10.8. The van der Waals surface area contributed by atoms with Crippen LogP contribution in [-0.4, -0.2) is 53.1 Å². The zero-order valence-corrected chi connectivity index (χ0v) is 32.3. The van der Waals surface area contributed by atoms with E-state index in [2.05, 4.69) is 19.2 Å². The summed E-state index contributed by atoms with van der Waals surface area (Å²) in [5, 5.41) is 23.4. The molecule has 0 aromatic heterocycles. The van der Waals surface area contributed by atoms with Crippen LogP contribution in [0.4, 0.5) is 0 Å². The molecule has 4 N–H and O–H groups in total. The SMILES string of the molecule is CCCCCCCCCCCCC/C=C/C(O)C(CS(=O)(=O)O)NC(=O)C(O)CCCCCCCCCCCCCCCCCCCC. The van der Waals surface area contributed by atoms with E-state index in [9.17, 15) is 28.0 Å². The van der Waals surface area contributed by atoms with Gasteiger partial charge in [0, 0.05) is 0 Å². The Bertz CT molecular complexity index is 834. The van der Waals surface area contributed by atoms with Gasteiger partial charge in [0.1, 0.15) is 6.10 Å². The second-order valence-electron chi connectivity index (χ2n) is 14.4. The Labute approximate surface area is 297 Å². The Morgan fingerprint density at radius 2 is 0.896 bits per heavy atom. The van der Waals surface area contributed by atoms with Crippen molar-refractivity contribution in [2.24, 2.45) is 0 Å². The summed E-state index contributed by atoms with van der Waals surface area (Å²) in [5.41, 5.74) is 0. The first-order valence-electron chi connectivity index (χ1n) is 20.5. The molecule has 0 fully saturated rings. The number of hydrogen-bond donors (Lipinski definition) is 4. The van der Waals surface area contributed by atoms with Gasteiger partial charge in [0.2, 0.25) is 5.91 Å². The van der Waals surface area contributed by atoms with Crippen LogP contribution >= 0.6 is 0 Å². The monoisotopic (exact) mass is 702 g/mol. The third-order valence-electron chi connectivity index (χ3n) is 9.57. The number of amides is 1. The van der Waals surface area contributed by atoms with E-state index in [0.717, 1.165) is 38.5 Å². The Kier molecular flexibility index (Phi) is 33.8. The summed E-state index contributed by atoms with van der Waals surface area (Å²) in [6.07, 6.45) is 38.4.